The van der Waals surface area contributed by atoms with Crippen molar-refractivity contribution in [2.75, 3.05) is 26.3 Å². The molecular formula is C24H31BrN2O3. The third-order valence-electron chi connectivity index (χ3n) is 5.25. The van der Waals surface area contributed by atoms with Gasteiger partial charge < -0.3 is 14.8 Å². The van der Waals surface area contributed by atoms with Crippen LogP contribution in [0, 0.1) is 0 Å². The maximum atomic E-state index is 12.7. The van der Waals surface area contributed by atoms with Gasteiger partial charge in [-0.3, -0.25) is 9.69 Å². The average Bonchev–Trinajstić information content (AvgIpc) is 3.24. The Morgan fingerprint density at radius 1 is 1.00 bits per heavy atom. The summed E-state index contributed by atoms with van der Waals surface area (Å²) in [5.41, 5.74) is 3.35. The molecule has 1 saturated heterocycles. The van der Waals surface area contributed by atoms with Gasteiger partial charge in [-0.1, -0.05) is 40.2 Å². The van der Waals surface area contributed by atoms with Gasteiger partial charge in [0.25, 0.3) is 0 Å². The van der Waals surface area contributed by atoms with E-state index in [0.717, 1.165) is 29.7 Å². The number of hydrogen-bond donors (Lipinski definition) is 1. The summed E-state index contributed by atoms with van der Waals surface area (Å²) in [6.07, 6.45) is 2.83. The summed E-state index contributed by atoms with van der Waals surface area (Å²) >= 11 is 3.57. The molecule has 1 N–H and O–H groups in total. The van der Waals surface area contributed by atoms with Gasteiger partial charge in [-0.25, -0.2) is 0 Å². The Kier molecular flexibility index (Phi) is 8.58. The zero-order chi connectivity index (χ0) is 21.3. The monoisotopic (exact) mass is 474 g/mol. The smallest absolute Gasteiger partial charge is 0.224 e. The van der Waals surface area contributed by atoms with Crippen molar-refractivity contribution in [2.24, 2.45) is 0 Å². The summed E-state index contributed by atoms with van der Waals surface area (Å²) in [4.78, 5) is 15.1. The van der Waals surface area contributed by atoms with Crippen molar-refractivity contribution in [2.45, 2.75) is 46.2 Å². The SMILES string of the molecule is CCOc1cc(Br)c(CC(=O)NCc2ccccc2CN2CCCC2)cc1OCC. The maximum Gasteiger partial charge on any atom is 0.224 e. The number of nitrogens with one attached hydrogen (secondary N) is 1. The maximum absolute atomic E-state index is 12.7. The Balaban J connectivity index is 1.63. The minimum Gasteiger partial charge on any atom is -0.490 e. The molecule has 0 aliphatic carbocycles. The molecule has 1 aliphatic rings. The van der Waals surface area contributed by atoms with E-state index in [9.17, 15) is 4.79 Å². The Morgan fingerprint density at radius 3 is 2.30 bits per heavy atom. The first-order valence-electron chi connectivity index (χ1n) is 10.7. The van der Waals surface area contributed by atoms with Crippen molar-refractivity contribution in [3.8, 4) is 11.5 Å². The van der Waals surface area contributed by atoms with Gasteiger partial charge in [0.1, 0.15) is 0 Å². The van der Waals surface area contributed by atoms with Crippen molar-refractivity contribution in [1.29, 1.82) is 0 Å². The minimum absolute atomic E-state index is 0.0155. The van der Waals surface area contributed by atoms with E-state index in [2.05, 4.69) is 44.3 Å². The fourth-order valence-electron chi connectivity index (χ4n) is 3.74. The number of rotatable bonds is 10. The van der Waals surface area contributed by atoms with Crippen LogP contribution < -0.4 is 14.8 Å². The van der Waals surface area contributed by atoms with Crippen LogP contribution in [0.25, 0.3) is 0 Å². The van der Waals surface area contributed by atoms with Gasteiger partial charge in [0.2, 0.25) is 5.91 Å². The number of halogens is 1. The first kappa shape index (κ1) is 22.6. The van der Waals surface area contributed by atoms with Gasteiger partial charge >= 0.3 is 0 Å². The number of ether oxygens (including phenoxy) is 2. The zero-order valence-electron chi connectivity index (χ0n) is 17.9. The lowest BCUT2D eigenvalue weighted by atomic mass is 10.1. The number of amides is 1. The van der Waals surface area contributed by atoms with Crippen LogP contribution >= 0.6 is 15.9 Å². The van der Waals surface area contributed by atoms with Crippen molar-refractivity contribution in [3.63, 3.8) is 0 Å². The topological polar surface area (TPSA) is 50.8 Å². The molecule has 30 heavy (non-hydrogen) atoms. The van der Waals surface area contributed by atoms with Crippen LogP contribution in [-0.4, -0.2) is 37.1 Å². The number of likely N-dealkylation sites (tertiary alicyclic amines) is 1. The van der Waals surface area contributed by atoms with Gasteiger partial charge in [0.15, 0.2) is 11.5 Å². The molecule has 0 saturated carbocycles. The van der Waals surface area contributed by atoms with E-state index in [0.29, 0.717) is 31.3 Å². The summed E-state index contributed by atoms with van der Waals surface area (Å²) < 4.78 is 12.2. The Labute approximate surface area is 187 Å². The molecule has 1 fully saturated rings. The normalized spacial score (nSPS) is 14.0. The standard InChI is InChI=1S/C24H31BrN2O3/c1-3-29-22-13-20(21(25)15-23(22)30-4-2)14-24(28)26-16-18-9-5-6-10-19(18)17-27-11-7-8-12-27/h5-6,9-10,13,15H,3-4,7-8,11-12,14,16-17H2,1-2H3,(H,26,28). The van der Waals surface area contributed by atoms with E-state index in [-0.39, 0.29) is 12.3 Å². The summed E-state index contributed by atoms with van der Waals surface area (Å²) in [6, 6.07) is 12.1. The molecule has 2 aromatic rings. The summed E-state index contributed by atoms with van der Waals surface area (Å²) in [5, 5.41) is 3.08. The highest BCUT2D eigenvalue weighted by Crippen LogP contribution is 2.34. The number of carbonyl (C=O) groups excluding carboxylic acids is 1. The van der Waals surface area contributed by atoms with Crippen molar-refractivity contribution >= 4 is 21.8 Å². The quantitative estimate of drug-likeness (QED) is 0.541. The third kappa shape index (κ3) is 6.22. The van der Waals surface area contributed by atoms with Crippen molar-refractivity contribution < 1.29 is 14.3 Å². The molecule has 1 amide bonds. The van der Waals surface area contributed by atoms with E-state index in [1.165, 1.54) is 24.0 Å². The number of carbonyl (C=O) groups is 1. The molecule has 0 radical (unpaired) electrons. The first-order chi connectivity index (χ1) is 14.6. The second kappa shape index (κ2) is 11.4. The predicted molar refractivity (Wildman–Crippen MR) is 123 cm³/mol. The summed E-state index contributed by atoms with van der Waals surface area (Å²) in [5.74, 6) is 1.34. The molecule has 1 heterocycles. The molecule has 2 aromatic carbocycles. The molecule has 0 atom stereocenters. The summed E-state index contributed by atoms with van der Waals surface area (Å²) in [7, 11) is 0. The van der Waals surface area contributed by atoms with Crippen LogP contribution in [0.15, 0.2) is 40.9 Å². The van der Waals surface area contributed by atoms with Crippen LogP contribution in [0.2, 0.25) is 0 Å². The molecule has 1 aliphatic heterocycles. The third-order valence-corrected chi connectivity index (χ3v) is 5.99. The van der Waals surface area contributed by atoms with Crippen LogP contribution in [0.1, 0.15) is 43.4 Å². The van der Waals surface area contributed by atoms with Gasteiger partial charge in [0.05, 0.1) is 19.6 Å². The van der Waals surface area contributed by atoms with Gasteiger partial charge in [-0.2, -0.15) is 0 Å². The van der Waals surface area contributed by atoms with Crippen molar-refractivity contribution in [3.05, 3.63) is 57.6 Å². The first-order valence-corrected chi connectivity index (χ1v) is 11.5. The molecule has 6 heteroatoms. The lowest BCUT2D eigenvalue weighted by Gasteiger charge is -2.18. The van der Waals surface area contributed by atoms with Gasteiger partial charge in [-0.15, -0.1) is 0 Å². The van der Waals surface area contributed by atoms with Crippen LogP contribution in [0.5, 0.6) is 11.5 Å². The largest absolute Gasteiger partial charge is 0.490 e. The van der Waals surface area contributed by atoms with Gasteiger partial charge in [0, 0.05) is 17.6 Å². The highest BCUT2D eigenvalue weighted by Gasteiger charge is 2.16. The lowest BCUT2D eigenvalue weighted by molar-refractivity contribution is -0.120. The van der Waals surface area contributed by atoms with E-state index in [1.807, 2.05) is 32.0 Å². The highest BCUT2D eigenvalue weighted by atomic mass is 79.9. The molecule has 0 aromatic heterocycles. The molecule has 3 rings (SSSR count). The molecule has 162 valence electrons. The Morgan fingerprint density at radius 2 is 1.63 bits per heavy atom. The minimum atomic E-state index is -0.0155. The van der Waals surface area contributed by atoms with E-state index in [4.69, 9.17) is 9.47 Å². The number of hydrogen-bond acceptors (Lipinski definition) is 4. The molecule has 5 nitrogen and oxygen atoms in total. The fraction of sp³-hybridized carbons (Fsp3) is 0.458. The van der Waals surface area contributed by atoms with Crippen LogP contribution in [0.4, 0.5) is 0 Å². The van der Waals surface area contributed by atoms with Crippen molar-refractivity contribution in [1.82, 2.24) is 10.2 Å². The molecule has 0 spiro atoms. The van der Waals surface area contributed by atoms with Gasteiger partial charge in [-0.05, 0) is 68.6 Å². The molecule has 0 unspecified atom stereocenters. The second-order valence-corrected chi connectivity index (χ2v) is 8.32. The Hall–Kier alpha value is -2.05. The number of benzene rings is 2. The molecule has 0 bridgehead atoms. The Bertz CT molecular complexity index is 850. The highest BCUT2D eigenvalue weighted by molar-refractivity contribution is 9.10. The van der Waals surface area contributed by atoms with E-state index >= 15 is 0 Å². The number of nitrogens with zero attached hydrogens (tertiary/aromatic N) is 1. The van der Waals surface area contributed by atoms with Crippen LogP contribution in [-0.2, 0) is 24.3 Å². The van der Waals surface area contributed by atoms with Crippen LogP contribution in [0.3, 0.4) is 0 Å². The van der Waals surface area contributed by atoms with E-state index in [1.54, 1.807) is 0 Å². The predicted octanol–water partition coefficient (Wildman–Crippen LogP) is 4.70. The molecular weight excluding hydrogens is 444 g/mol. The zero-order valence-corrected chi connectivity index (χ0v) is 19.5. The fourth-order valence-corrected chi connectivity index (χ4v) is 4.21. The van der Waals surface area contributed by atoms with E-state index < -0.39 is 0 Å². The summed E-state index contributed by atoms with van der Waals surface area (Å²) in [6.45, 7) is 8.79. The average molecular weight is 475 g/mol. The lowest BCUT2D eigenvalue weighted by Crippen LogP contribution is -2.26. The second-order valence-electron chi connectivity index (χ2n) is 7.46.